The molecule has 0 atom stereocenters. The number of benzene rings is 10. The summed E-state index contributed by atoms with van der Waals surface area (Å²) in [6, 6.07) is 82.6. The van der Waals surface area contributed by atoms with E-state index in [0.29, 0.717) is 17.5 Å². The third-order valence-electron chi connectivity index (χ3n) is 13.7. The second-order valence-corrected chi connectivity index (χ2v) is 17.7. The summed E-state index contributed by atoms with van der Waals surface area (Å²) in [6.45, 7) is 0. The van der Waals surface area contributed by atoms with Crippen LogP contribution in [-0.2, 0) is 0 Å². The third kappa shape index (κ3) is 6.42. The zero-order valence-electron chi connectivity index (χ0n) is 37.7. The summed E-state index contributed by atoms with van der Waals surface area (Å²) in [5.41, 5.74) is 15.1. The van der Waals surface area contributed by atoms with Crippen LogP contribution >= 0.6 is 0 Å². The van der Waals surface area contributed by atoms with Crippen molar-refractivity contribution in [1.82, 2.24) is 24.5 Å². The lowest BCUT2D eigenvalue weighted by molar-refractivity contribution is 0.670. The first-order valence-corrected chi connectivity index (χ1v) is 23.5. The lowest BCUT2D eigenvalue weighted by Crippen LogP contribution is -2.00. The average Bonchev–Trinajstić information content (AvgIpc) is 3.99. The van der Waals surface area contributed by atoms with E-state index in [2.05, 4.69) is 193 Å². The molecule has 0 saturated heterocycles. The number of hydrogen-bond donors (Lipinski definition) is 0. The molecule has 6 nitrogen and oxygen atoms in total. The fraction of sp³-hybridized carbons (Fsp3) is 0. The molecule has 0 amide bonds. The van der Waals surface area contributed by atoms with Crippen molar-refractivity contribution in [3.05, 3.63) is 237 Å². The van der Waals surface area contributed by atoms with Gasteiger partial charge in [-0.2, -0.15) is 0 Å². The lowest BCUT2D eigenvalue weighted by atomic mass is 9.93. The molecule has 0 aliphatic carbocycles. The highest BCUT2D eigenvalue weighted by atomic mass is 16.3. The van der Waals surface area contributed by atoms with Crippen LogP contribution in [0.15, 0.2) is 241 Å². The van der Waals surface area contributed by atoms with Crippen molar-refractivity contribution in [2.45, 2.75) is 0 Å². The van der Waals surface area contributed by atoms with Crippen molar-refractivity contribution in [2.75, 3.05) is 0 Å². The molecule has 0 unspecified atom stereocenters. The Kier molecular flexibility index (Phi) is 9.10. The van der Waals surface area contributed by atoms with Crippen LogP contribution in [0.1, 0.15) is 0 Å². The molecule has 0 N–H and O–H groups in total. The number of furan rings is 1. The zero-order chi connectivity index (χ0) is 46.1. The number of para-hydroxylation sites is 5. The molecule has 0 bridgehead atoms. The van der Waals surface area contributed by atoms with Crippen molar-refractivity contribution in [1.29, 1.82) is 0 Å². The summed E-state index contributed by atoms with van der Waals surface area (Å²) in [7, 11) is 0. The van der Waals surface area contributed by atoms with Crippen molar-refractivity contribution in [3.63, 3.8) is 0 Å². The maximum atomic E-state index is 6.39. The number of nitrogens with zero attached hydrogens (tertiary/aromatic N) is 5. The summed E-state index contributed by atoms with van der Waals surface area (Å²) in [6.07, 6.45) is 0. The molecule has 0 fully saturated rings. The van der Waals surface area contributed by atoms with Gasteiger partial charge in [0.15, 0.2) is 17.5 Å². The van der Waals surface area contributed by atoms with E-state index in [-0.39, 0.29) is 0 Å². The highest BCUT2D eigenvalue weighted by molar-refractivity contribution is 6.30. The first kappa shape index (κ1) is 39.6. The molecule has 14 rings (SSSR count). The van der Waals surface area contributed by atoms with Crippen molar-refractivity contribution < 1.29 is 4.42 Å². The van der Waals surface area contributed by atoms with E-state index < -0.39 is 0 Å². The Hall–Kier alpha value is -9.52. The van der Waals surface area contributed by atoms with Gasteiger partial charge < -0.3 is 8.98 Å². The standard InChI is InChI=1S/C64H39N5O/c1-4-16-42(17-5-1)59-53-38-39-55-58(51-23-10-12-28-54(51)69(55)46-20-8-3-9-21-46)57(53)52-27-14-24-47(60(52)65-59)40-30-34-44(35-31-40)63-66-62(43-18-6-2-7-19-43)67-64(68-63)45-36-32-41(33-37-45)48-25-15-26-50-49-22-11-13-29-56(49)70-61(48)50/h1-39H. The van der Waals surface area contributed by atoms with Crippen LogP contribution in [0.4, 0.5) is 0 Å². The zero-order valence-corrected chi connectivity index (χ0v) is 37.7. The summed E-state index contributed by atoms with van der Waals surface area (Å²) in [5.74, 6) is 1.80. The number of pyridine rings is 1. The molecule has 10 aromatic carbocycles. The maximum Gasteiger partial charge on any atom is 0.164 e. The van der Waals surface area contributed by atoms with Crippen LogP contribution in [0.2, 0.25) is 0 Å². The third-order valence-corrected chi connectivity index (χ3v) is 13.7. The second kappa shape index (κ2) is 16.1. The minimum atomic E-state index is 0.595. The van der Waals surface area contributed by atoms with Gasteiger partial charge in [0.25, 0.3) is 0 Å². The maximum absolute atomic E-state index is 6.39. The second-order valence-electron chi connectivity index (χ2n) is 17.7. The van der Waals surface area contributed by atoms with Gasteiger partial charge in [-0.1, -0.05) is 206 Å². The SMILES string of the molecule is c1ccc(-c2nc(-c3ccc(-c4cccc5c4nc(-c4ccccc4)c4ccc6c(c7ccccc7n6-c6ccccc6)c45)cc3)nc(-c3ccc(-c4cccc5c4oc4ccccc45)cc3)n2)cc1. The van der Waals surface area contributed by atoms with Gasteiger partial charge in [0, 0.05) is 76.8 Å². The van der Waals surface area contributed by atoms with E-state index in [0.717, 1.165) is 99.6 Å². The van der Waals surface area contributed by atoms with Crippen LogP contribution in [0.25, 0.3) is 139 Å². The van der Waals surface area contributed by atoms with E-state index in [4.69, 9.17) is 24.4 Å². The number of aromatic nitrogens is 5. The number of hydrogen-bond acceptors (Lipinski definition) is 5. The smallest absolute Gasteiger partial charge is 0.164 e. The molecule has 0 aliphatic rings. The molecule has 4 aromatic heterocycles. The highest BCUT2D eigenvalue weighted by Gasteiger charge is 2.22. The van der Waals surface area contributed by atoms with E-state index in [1.807, 2.05) is 48.5 Å². The molecule has 4 heterocycles. The Bertz CT molecular complexity index is 4320. The summed E-state index contributed by atoms with van der Waals surface area (Å²) < 4.78 is 8.77. The van der Waals surface area contributed by atoms with Gasteiger partial charge in [0.2, 0.25) is 0 Å². The summed E-state index contributed by atoms with van der Waals surface area (Å²) in [4.78, 5) is 20.8. The van der Waals surface area contributed by atoms with Crippen LogP contribution in [0, 0.1) is 0 Å². The van der Waals surface area contributed by atoms with Crippen LogP contribution in [0.3, 0.4) is 0 Å². The average molecular weight is 894 g/mol. The minimum absolute atomic E-state index is 0.595. The molecular weight excluding hydrogens is 855 g/mol. The van der Waals surface area contributed by atoms with Crippen molar-refractivity contribution in [3.8, 4) is 73.4 Å². The van der Waals surface area contributed by atoms with E-state index in [1.165, 1.54) is 21.7 Å². The van der Waals surface area contributed by atoms with E-state index in [9.17, 15) is 0 Å². The fourth-order valence-electron chi connectivity index (χ4n) is 10.4. The molecule has 14 aromatic rings. The number of fused-ring (bicyclic) bond motifs is 10. The molecule has 326 valence electrons. The van der Waals surface area contributed by atoms with Crippen LogP contribution in [0.5, 0.6) is 0 Å². The highest BCUT2D eigenvalue weighted by Crippen LogP contribution is 2.44. The van der Waals surface area contributed by atoms with Gasteiger partial charge >= 0.3 is 0 Å². The topological polar surface area (TPSA) is 69.6 Å². The first-order valence-electron chi connectivity index (χ1n) is 23.5. The lowest BCUT2D eigenvalue weighted by Gasteiger charge is -2.15. The minimum Gasteiger partial charge on any atom is -0.455 e. The predicted molar refractivity (Wildman–Crippen MR) is 287 cm³/mol. The quantitative estimate of drug-likeness (QED) is 0.149. The van der Waals surface area contributed by atoms with Gasteiger partial charge in [-0.25, -0.2) is 19.9 Å². The predicted octanol–water partition coefficient (Wildman–Crippen LogP) is 16.6. The molecular formula is C64H39N5O. The van der Waals surface area contributed by atoms with Gasteiger partial charge in [-0.05, 0) is 41.5 Å². The van der Waals surface area contributed by atoms with Gasteiger partial charge in [-0.15, -0.1) is 0 Å². The van der Waals surface area contributed by atoms with Gasteiger partial charge in [-0.3, -0.25) is 0 Å². The Balaban J connectivity index is 0.902. The number of rotatable bonds is 7. The van der Waals surface area contributed by atoms with Crippen molar-refractivity contribution >= 4 is 65.4 Å². The molecule has 70 heavy (non-hydrogen) atoms. The molecule has 0 radical (unpaired) electrons. The Morgan fingerprint density at radius 3 is 1.50 bits per heavy atom. The monoisotopic (exact) mass is 893 g/mol. The fourth-order valence-corrected chi connectivity index (χ4v) is 10.4. The van der Waals surface area contributed by atoms with Crippen molar-refractivity contribution in [2.24, 2.45) is 0 Å². The van der Waals surface area contributed by atoms with E-state index >= 15 is 0 Å². The Morgan fingerprint density at radius 1 is 0.300 bits per heavy atom. The van der Waals surface area contributed by atoms with Gasteiger partial charge in [0.1, 0.15) is 11.2 Å². The van der Waals surface area contributed by atoms with Crippen LogP contribution < -0.4 is 0 Å². The first-order chi connectivity index (χ1) is 34.7. The Labute approximate surface area is 402 Å². The largest absolute Gasteiger partial charge is 0.455 e. The molecule has 6 heteroatoms. The molecule has 0 aliphatic heterocycles. The normalized spacial score (nSPS) is 11.7. The van der Waals surface area contributed by atoms with E-state index in [1.54, 1.807) is 0 Å². The summed E-state index contributed by atoms with van der Waals surface area (Å²) in [5, 5.41) is 8.05. The molecule has 0 spiro atoms. The van der Waals surface area contributed by atoms with Gasteiger partial charge in [0.05, 0.1) is 22.2 Å². The summed E-state index contributed by atoms with van der Waals surface area (Å²) >= 11 is 0. The Morgan fingerprint density at radius 2 is 0.814 bits per heavy atom. The van der Waals surface area contributed by atoms with Crippen LogP contribution in [-0.4, -0.2) is 24.5 Å². The molecule has 0 saturated carbocycles.